The molecule has 1 amide bonds. The van der Waals surface area contributed by atoms with Crippen LogP contribution in [-0.2, 0) is 6.42 Å². The number of fused-ring (bicyclic) bond motifs is 1. The van der Waals surface area contributed by atoms with Crippen molar-refractivity contribution in [3.05, 3.63) is 47.7 Å². The third kappa shape index (κ3) is 2.94. The van der Waals surface area contributed by atoms with Gasteiger partial charge in [-0.25, -0.2) is 0 Å². The Morgan fingerprint density at radius 3 is 2.86 bits per heavy atom. The number of carbonyl (C=O) groups excluding carboxylic acids is 1. The van der Waals surface area contributed by atoms with E-state index in [0.29, 0.717) is 18.1 Å². The van der Waals surface area contributed by atoms with Crippen LogP contribution in [-0.4, -0.2) is 35.8 Å². The van der Waals surface area contributed by atoms with E-state index in [-0.39, 0.29) is 12.0 Å². The number of hydrogen-bond acceptors (Lipinski definition) is 5. The fourth-order valence-electron chi connectivity index (χ4n) is 2.25. The summed E-state index contributed by atoms with van der Waals surface area (Å²) in [5.41, 5.74) is 1.47. The first-order chi connectivity index (χ1) is 10.3. The van der Waals surface area contributed by atoms with Crippen molar-refractivity contribution in [1.29, 1.82) is 0 Å². The average Bonchev–Trinajstić information content (AvgIpc) is 2.95. The minimum Gasteiger partial charge on any atom is -0.488 e. The van der Waals surface area contributed by atoms with Gasteiger partial charge in [-0.2, -0.15) is 0 Å². The molecule has 0 bridgehead atoms. The van der Waals surface area contributed by atoms with Gasteiger partial charge in [0.25, 0.3) is 5.91 Å². The molecular weight excluding hydrogens is 268 g/mol. The molecule has 0 fully saturated rings. The Morgan fingerprint density at radius 2 is 2.14 bits per heavy atom. The maximum Gasteiger partial charge on any atom is 0.271 e. The third-order valence-corrected chi connectivity index (χ3v) is 3.36. The van der Waals surface area contributed by atoms with Gasteiger partial charge in [0.1, 0.15) is 17.7 Å². The Kier molecular flexibility index (Phi) is 3.68. The number of nitrogens with one attached hydrogen (secondary N) is 2. The van der Waals surface area contributed by atoms with E-state index in [1.807, 2.05) is 24.3 Å². The van der Waals surface area contributed by atoms with Gasteiger partial charge in [0.15, 0.2) is 5.69 Å². The molecule has 1 aromatic heterocycles. The minimum absolute atomic E-state index is 0.0316. The molecule has 0 radical (unpaired) electrons. The summed E-state index contributed by atoms with van der Waals surface area (Å²) in [6.45, 7) is 0.447. The molecule has 2 N–H and O–H groups in total. The standard InChI is InChI=1S/C15H16N4O2/c1-16-14-7-6-12(18-19-14)15(20)17-9-11-8-10-4-2-3-5-13(10)21-11/h2-7,11H,8-9H2,1H3,(H,16,19)(H,17,20). The zero-order chi connectivity index (χ0) is 14.7. The third-order valence-electron chi connectivity index (χ3n) is 3.36. The van der Waals surface area contributed by atoms with Crippen molar-refractivity contribution in [2.45, 2.75) is 12.5 Å². The number of carbonyl (C=O) groups is 1. The van der Waals surface area contributed by atoms with Crippen LogP contribution in [0.15, 0.2) is 36.4 Å². The van der Waals surface area contributed by atoms with Crippen LogP contribution in [0.4, 0.5) is 5.82 Å². The molecule has 2 aromatic rings. The zero-order valence-electron chi connectivity index (χ0n) is 11.7. The SMILES string of the molecule is CNc1ccc(C(=O)NCC2Cc3ccccc3O2)nn1. The van der Waals surface area contributed by atoms with Crippen molar-refractivity contribution in [3.63, 3.8) is 0 Å². The fourth-order valence-corrected chi connectivity index (χ4v) is 2.25. The molecule has 0 saturated carbocycles. The van der Waals surface area contributed by atoms with Crippen molar-refractivity contribution in [3.8, 4) is 5.75 Å². The number of nitrogens with zero attached hydrogens (tertiary/aromatic N) is 2. The van der Waals surface area contributed by atoms with Gasteiger partial charge in [-0.05, 0) is 23.8 Å². The van der Waals surface area contributed by atoms with E-state index >= 15 is 0 Å². The quantitative estimate of drug-likeness (QED) is 0.883. The van der Waals surface area contributed by atoms with Gasteiger partial charge in [-0.15, -0.1) is 10.2 Å². The molecule has 1 unspecified atom stereocenters. The van der Waals surface area contributed by atoms with Crippen molar-refractivity contribution >= 4 is 11.7 Å². The van der Waals surface area contributed by atoms with E-state index in [2.05, 4.69) is 20.8 Å². The predicted octanol–water partition coefficient (Wildman–Crippen LogP) is 1.25. The summed E-state index contributed by atoms with van der Waals surface area (Å²) < 4.78 is 5.77. The Balaban J connectivity index is 1.55. The first-order valence-electron chi connectivity index (χ1n) is 6.80. The number of benzene rings is 1. The van der Waals surface area contributed by atoms with Crippen LogP contribution in [0, 0.1) is 0 Å². The normalized spacial score (nSPS) is 16.0. The maximum atomic E-state index is 12.0. The predicted molar refractivity (Wildman–Crippen MR) is 78.5 cm³/mol. The highest BCUT2D eigenvalue weighted by Gasteiger charge is 2.23. The van der Waals surface area contributed by atoms with Crippen LogP contribution in [0.25, 0.3) is 0 Å². The Morgan fingerprint density at radius 1 is 1.29 bits per heavy atom. The molecule has 21 heavy (non-hydrogen) atoms. The van der Waals surface area contributed by atoms with Gasteiger partial charge in [-0.1, -0.05) is 18.2 Å². The summed E-state index contributed by atoms with van der Waals surface area (Å²) in [6.07, 6.45) is 0.775. The molecule has 3 rings (SSSR count). The van der Waals surface area contributed by atoms with Crippen molar-refractivity contribution in [1.82, 2.24) is 15.5 Å². The summed E-state index contributed by atoms with van der Waals surface area (Å²) in [4.78, 5) is 12.0. The van der Waals surface area contributed by atoms with Crippen LogP contribution < -0.4 is 15.4 Å². The van der Waals surface area contributed by atoms with E-state index in [1.54, 1.807) is 19.2 Å². The lowest BCUT2D eigenvalue weighted by Gasteiger charge is -2.11. The Labute approximate surface area is 122 Å². The molecular formula is C15H16N4O2. The van der Waals surface area contributed by atoms with Crippen molar-refractivity contribution in [2.24, 2.45) is 0 Å². The van der Waals surface area contributed by atoms with Gasteiger partial charge in [0.05, 0.1) is 6.54 Å². The summed E-state index contributed by atoms with van der Waals surface area (Å²) >= 11 is 0. The highest BCUT2D eigenvalue weighted by molar-refractivity contribution is 5.92. The lowest BCUT2D eigenvalue weighted by molar-refractivity contribution is 0.0927. The highest BCUT2D eigenvalue weighted by Crippen LogP contribution is 2.27. The summed E-state index contributed by atoms with van der Waals surface area (Å²) in [5, 5.41) is 13.4. The minimum atomic E-state index is -0.246. The maximum absolute atomic E-state index is 12.0. The first kappa shape index (κ1) is 13.4. The second kappa shape index (κ2) is 5.78. The second-order valence-electron chi connectivity index (χ2n) is 4.82. The van der Waals surface area contributed by atoms with E-state index in [4.69, 9.17) is 4.74 Å². The van der Waals surface area contributed by atoms with Crippen LogP contribution >= 0.6 is 0 Å². The van der Waals surface area contributed by atoms with E-state index < -0.39 is 0 Å². The molecule has 1 aliphatic rings. The number of amides is 1. The van der Waals surface area contributed by atoms with E-state index in [1.165, 1.54) is 5.56 Å². The summed E-state index contributed by atoms with van der Waals surface area (Å²) in [5.74, 6) is 1.28. The summed E-state index contributed by atoms with van der Waals surface area (Å²) in [7, 11) is 1.75. The van der Waals surface area contributed by atoms with Gasteiger partial charge >= 0.3 is 0 Å². The van der Waals surface area contributed by atoms with Crippen molar-refractivity contribution in [2.75, 3.05) is 18.9 Å². The number of rotatable bonds is 4. The van der Waals surface area contributed by atoms with Gasteiger partial charge in [-0.3, -0.25) is 4.79 Å². The van der Waals surface area contributed by atoms with E-state index in [9.17, 15) is 4.79 Å². The number of para-hydroxylation sites is 1. The Hall–Kier alpha value is -2.63. The molecule has 0 spiro atoms. The molecule has 6 heteroatoms. The number of aromatic nitrogens is 2. The number of hydrogen-bond donors (Lipinski definition) is 2. The average molecular weight is 284 g/mol. The molecule has 2 heterocycles. The van der Waals surface area contributed by atoms with Crippen LogP contribution in [0.1, 0.15) is 16.1 Å². The van der Waals surface area contributed by atoms with Gasteiger partial charge in [0, 0.05) is 13.5 Å². The van der Waals surface area contributed by atoms with Gasteiger partial charge < -0.3 is 15.4 Å². The molecule has 0 saturated heterocycles. The van der Waals surface area contributed by atoms with Crippen LogP contribution in [0.2, 0.25) is 0 Å². The molecule has 0 aliphatic carbocycles. The lowest BCUT2D eigenvalue weighted by Crippen LogP contribution is -2.34. The zero-order valence-corrected chi connectivity index (χ0v) is 11.7. The smallest absolute Gasteiger partial charge is 0.271 e. The molecule has 108 valence electrons. The molecule has 1 aliphatic heterocycles. The largest absolute Gasteiger partial charge is 0.488 e. The monoisotopic (exact) mass is 284 g/mol. The highest BCUT2D eigenvalue weighted by atomic mass is 16.5. The first-order valence-corrected chi connectivity index (χ1v) is 6.80. The van der Waals surface area contributed by atoms with Crippen LogP contribution in [0.5, 0.6) is 5.75 Å². The lowest BCUT2D eigenvalue weighted by atomic mass is 10.1. The van der Waals surface area contributed by atoms with Gasteiger partial charge in [0.2, 0.25) is 0 Å². The molecule has 1 aromatic carbocycles. The van der Waals surface area contributed by atoms with Crippen molar-refractivity contribution < 1.29 is 9.53 Å². The topological polar surface area (TPSA) is 76.1 Å². The second-order valence-corrected chi connectivity index (χ2v) is 4.82. The molecule has 1 atom stereocenters. The van der Waals surface area contributed by atoms with E-state index in [0.717, 1.165) is 12.2 Å². The Bertz CT molecular complexity index is 617. The fraction of sp³-hybridized carbons (Fsp3) is 0.267. The van der Waals surface area contributed by atoms with Crippen LogP contribution in [0.3, 0.4) is 0 Å². The summed E-state index contributed by atoms with van der Waals surface area (Å²) in [6, 6.07) is 11.3. The number of ether oxygens (including phenoxy) is 1. The number of anilines is 1. The molecule has 6 nitrogen and oxygen atoms in total.